The van der Waals surface area contributed by atoms with Crippen LogP contribution in [0.2, 0.25) is 0 Å². The summed E-state index contributed by atoms with van der Waals surface area (Å²) in [5.74, 6) is 1.65. The molecule has 0 spiro atoms. The van der Waals surface area contributed by atoms with Crippen LogP contribution in [0.4, 0.5) is 10.5 Å². The molecule has 1 aliphatic heterocycles. The van der Waals surface area contributed by atoms with Crippen LogP contribution in [-0.2, 0) is 11.0 Å². The van der Waals surface area contributed by atoms with Crippen molar-refractivity contribution in [2.45, 2.75) is 89.3 Å². The zero-order valence-corrected chi connectivity index (χ0v) is 29.9. The van der Waals surface area contributed by atoms with Gasteiger partial charge in [0.2, 0.25) is 0 Å². The van der Waals surface area contributed by atoms with Crippen LogP contribution in [0.3, 0.4) is 0 Å². The highest BCUT2D eigenvalue weighted by atomic mass is 16.5. The zero-order chi connectivity index (χ0) is 34.9. The number of anilines is 1. The number of urea groups is 1. The van der Waals surface area contributed by atoms with Crippen molar-refractivity contribution < 1.29 is 14.3 Å². The predicted molar refractivity (Wildman–Crippen MR) is 191 cm³/mol. The van der Waals surface area contributed by atoms with Crippen LogP contribution in [0.5, 0.6) is 5.75 Å². The molecule has 1 saturated heterocycles. The first-order chi connectivity index (χ1) is 23.3. The molecule has 4 aromatic rings. The smallest absolute Gasteiger partial charge is 0.319 e. The summed E-state index contributed by atoms with van der Waals surface area (Å²) in [6.45, 7) is 10.2. The molecule has 11 nitrogen and oxygen atoms in total. The van der Waals surface area contributed by atoms with E-state index in [1.807, 2.05) is 50.6 Å². The number of Topliss-reactive ketones (excluding diaryl/α,β-unsaturated/α-hetero) is 1. The number of hydrogen-bond donors (Lipinski definition) is 2. The van der Waals surface area contributed by atoms with Crippen molar-refractivity contribution in [2.24, 2.45) is 0 Å². The second-order valence-corrected chi connectivity index (χ2v) is 15.1. The maximum atomic E-state index is 13.5. The van der Waals surface area contributed by atoms with E-state index in [1.165, 1.54) is 0 Å². The standard InChI is InChI=1S/C38H50N8O3/c1-37(2,3)33-23-25(22-30(40-33)31(47)14-10-20-44(5)6)39-36(48)41-29-16-17-32(28-13-9-8-12-27(28)29)49-26-15-18-34-42-43-35(46(34)24-26)38(4)19-11-21-45(38)7/h8-9,12-13,15,18,22-24,29,32H,10-11,14,16-17,19-21H2,1-7H3,(H2,39,40,41,48)/t29-,32+,38-/m0/s1. The maximum Gasteiger partial charge on any atom is 0.319 e. The minimum Gasteiger partial charge on any atom is -0.484 e. The molecular formula is C38H50N8O3. The Morgan fingerprint density at radius 2 is 1.84 bits per heavy atom. The molecule has 260 valence electrons. The monoisotopic (exact) mass is 666 g/mol. The number of benzene rings is 1. The van der Waals surface area contributed by atoms with Gasteiger partial charge in [0, 0.05) is 23.2 Å². The van der Waals surface area contributed by atoms with Crippen LogP contribution in [0.25, 0.3) is 5.65 Å². The summed E-state index contributed by atoms with van der Waals surface area (Å²) >= 11 is 0. The minimum atomic E-state index is -0.327. The van der Waals surface area contributed by atoms with E-state index in [4.69, 9.17) is 4.74 Å². The van der Waals surface area contributed by atoms with Crippen molar-refractivity contribution in [3.05, 3.63) is 83.1 Å². The summed E-state index contributed by atoms with van der Waals surface area (Å²) in [5, 5.41) is 15.2. The summed E-state index contributed by atoms with van der Waals surface area (Å²) < 4.78 is 8.71. The minimum absolute atomic E-state index is 0.0246. The molecule has 1 fully saturated rings. The summed E-state index contributed by atoms with van der Waals surface area (Å²) in [4.78, 5) is 35.6. The first-order valence-electron chi connectivity index (χ1n) is 17.4. The first kappa shape index (κ1) is 34.5. The van der Waals surface area contributed by atoms with Gasteiger partial charge >= 0.3 is 6.03 Å². The third-order valence-corrected chi connectivity index (χ3v) is 10.0. The van der Waals surface area contributed by atoms with Gasteiger partial charge in [-0.1, -0.05) is 45.0 Å². The number of aromatic nitrogens is 4. The lowest BCUT2D eigenvalue weighted by molar-refractivity contribution is 0.0972. The van der Waals surface area contributed by atoms with Crippen molar-refractivity contribution in [3.8, 4) is 5.75 Å². The number of nitrogens with zero attached hydrogens (tertiary/aromatic N) is 6. The van der Waals surface area contributed by atoms with E-state index in [0.717, 1.165) is 72.8 Å². The molecule has 0 radical (unpaired) electrons. The average molecular weight is 667 g/mol. The fourth-order valence-electron chi connectivity index (χ4n) is 7.02. The number of amides is 2. The topological polar surface area (TPSA) is 117 Å². The van der Waals surface area contributed by atoms with Crippen LogP contribution < -0.4 is 15.4 Å². The molecule has 6 rings (SSSR count). The van der Waals surface area contributed by atoms with Gasteiger partial charge in [0.1, 0.15) is 17.5 Å². The summed E-state index contributed by atoms with van der Waals surface area (Å²) in [6, 6.07) is 15.1. The van der Waals surface area contributed by atoms with Gasteiger partial charge in [0.05, 0.1) is 17.8 Å². The number of likely N-dealkylation sites (tertiary alicyclic amines) is 1. The van der Waals surface area contributed by atoms with Gasteiger partial charge in [-0.15, -0.1) is 10.2 Å². The second kappa shape index (κ2) is 13.9. The highest BCUT2D eigenvalue weighted by Crippen LogP contribution is 2.40. The average Bonchev–Trinajstić information content (AvgIpc) is 3.64. The molecule has 11 heteroatoms. The number of ketones is 1. The highest BCUT2D eigenvalue weighted by molar-refractivity contribution is 5.97. The van der Waals surface area contributed by atoms with Crippen LogP contribution in [0.1, 0.15) is 111 Å². The van der Waals surface area contributed by atoms with Gasteiger partial charge < -0.3 is 20.3 Å². The van der Waals surface area contributed by atoms with Gasteiger partial charge in [0.15, 0.2) is 17.3 Å². The zero-order valence-electron chi connectivity index (χ0n) is 29.9. The lowest BCUT2D eigenvalue weighted by Gasteiger charge is -2.32. The van der Waals surface area contributed by atoms with Gasteiger partial charge in [-0.2, -0.15) is 0 Å². The quantitative estimate of drug-likeness (QED) is 0.181. The van der Waals surface area contributed by atoms with Crippen molar-refractivity contribution in [3.63, 3.8) is 0 Å². The van der Waals surface area contributed by atoms with Crippen LogP contribution in [-0.4, -0.2) is 75.4 Å². The van der Waals surface area contributed by atoms with Crippen molar-refractivity contribution in [1.82, 2.24) is 34.7 Å². The molecule has 2 aliphatic rings. The van der Waals surface area contributed by atoms with Gasteiger partial charge in [-0.3, -0.25) is 14.1 Å². The highest BCUT2D eigenvalue weighted by Gasteiger charge is 2.40. The Balaban J connectivity index is 1.17. The largest absolute Gasteiger partial charge is 0.484 e. The molecule has 0 saturated carbocycles. The normalized spacial score (nSPS) is 21.1. The molecule has 4 heterocycles. The summed E-state index contributed by atoms with van der Waals surface area (Å²) in [6.07, 6.45) is 6.57. The molecular weight excluding hydrogens is 616 g/mol. The number of carbonyl (C=O) groups excluding carboxylic acids is 2. The Labute approximate surface area is 289 Å². The van der Waals surface area contributed by atoms with E-state index in [0.29, 0.717) is 24.2 Å². The van der Waals surface area contributed by atoms with E-state index in [9.17, 15) is 9.59 Å². The molecule has 2 N–H and O–H groups in total. The van der Waals surface area contributed by atoms with Crippen molar-refractivity contribution in [1.29, 1.82) is 0 Å². The van der Waals surface area contributed by atoms with Crippen LogP contribution in [0, 0.1) is 0 Å². The Bertz CT molecular complexity index is 1830. The molecule has 0 bridgehead atoms. The fourth-order valence-corrected chi connectivity index (χ4v) is 7.02. The fraction of sp³-hybridized carbons (Fsp3) is 0.500. The predicted octanol–water partition coefficient (Wildman–Crippen LogP) is 6.66. The Hall–Kier alpha value is -4.35. The molecule has 2 amide bonds. The van der Waals surface area contributed by atoms with Gasteiger partial charge in [0.25, 0.3) is 0 Å². The number of carbonyl (C=O) groups is 2. The number of pyridine rings is 2. The van der Waals surface area contributed by atoms with E-state index in [-0.39, 0.29) is 34.9 Å². The third-order valence-electron chi connectivity index (χ3n) is 10.0. The number of hydrogen-bond acceptors (Lipinski definition) is 8. The molecule has 1 aromatic carbocycles. The molecule has 49 heavy (non-hydrogen) atoms. The van der Waals surface area contributed by atoms with E-state index in [2.05, 4.69) is 86.9 Å². The van der Waals surface area contributed by atoms with E-state index >= 15 is 0 Å². The third kappa shape index (κ3) is 7.47. The van der Waals surface area contributed by atoms with Gasteiger partial charge in [-0.25, -0.2) is 9.78 Å². The molecule has 3 atom stereocenters. The summed E-state index contributed by atoms with van der Waals surface area (Å²) in [7, 11) is 6.13. The number of rotatable bonds is 10. The molecule has 0 unspecified atom stereocenters. The second-order valence-electron chi connectivity index (χ2n) is 15.1. The Morgan fingerprint density at radius 3 is 2.55 bits per heavy atom. The van der Waals surface area contributed by atoms with E-state index in [1.54, 1.807) is 6.07 Å². The Kier molecular flexibility index (Phi) is 9.77. The maximum absolute atomic E-state index is 13.5. The summed E-state index contributed by atoms with van der Waals surface area (Å²) in [5.41, 5.74) is 4.10. The number of fused-ring (bicyclic) bond motifs is 2. The number of ether oxygens (including phenoxy) is 1. The first-order valence-corrected chi connectivity index (χ1v) is 17.4. The van der Waals surface area contributed by atoms with Crippen LogP contribution >= 0.6 is 0 Å². The number of nitrogens with one attached hydrogen (secondary N) is 2. The molecule has 3 aromatic heterocycles. The molecule has 1 aliphatic carbocycles. The van der Waals surface area contributed by atoms with Gasteiger partial charge in [-0.05, 0) is 109 Å². The lowest BCUT2D eigenvalue weighted by Crippen LogP contribution is -2.37. The van der Waals surface area contributed by atoms with E-state index < -0.39 is 0 Å². The Morgan fingerprint density at radius 1 is 1.06 bits per heavy atom. The SMILES string of the molecule is CN(C)CCCC(=O)c1cc(NC(=O)N[C@H]2CC[C@@H](Oc3ccc4nnc([C@]5(C)CCCN5C)n4c3)c3ccccc32)cc(C(C)(C)C)n1. The van der Waals surface area contributed by atoms with Crippen molar-refractivity contribution >= 4 is 23.1 Å². The van der Waals surface area contributed by atoms with Crippen molar-refractivity contribution in [2.75, 3.05) is 39.5 Å². The lowest BCUT2D eigenvalue weighted by atomic mass is 9.85. The van der Waals surface area contributed by atoms with Crippen LogP contribution in [0.15, 0.2) is 54.7 Å².